The minimum Gasteiger partial charge on any atom is -0.334 e. The number of thioether (sulfide) groups is 1. The number of carbonyl (C=O) groups is 1. The SMILES string of the molecule is CSc1ccc(CNC(=O)NCc2ccc([S@@](C)=O)cc2)cc1. The average Bonchev–Trinajstić information content (AvgIpc) is 2.59. The van der Waals surface area contributed by atoms with Gasteiger partial charge >= 0.3 is 6.03 Å². The van der Waals surface area contributed by atoms with Crippen molar-refractivity contribution in [2.75, 3.05) is 12.5 Å². The lowest BCUT2D eigenvalue weighted by atomic mass is 10.2. The highest BCUT2D eigenvalue weighted by molar-refractivity contribution is 7.98. The Labute approximate surface area is 143 Å². The summed E-state index contributed by atoms with van der Waals surface area (Å²) in [5.74, 6) is 0. The van der Waals surface area contributed by atoms with Crippen molar-refractivity contribution in [1.82, 2.24) is 10.6 Å². The second-order valence-corrected chi connectivity index (χ2v) is 7.24. The Kier molecular flexibility index (Phi) is 6.67. The Morgan fingerprint density at radius 1 is 0.957 bits per heavy atom. The zero-order chi connectivity index (χ0) is 16.7. The van der Waals surface area contributed by atoms with Crippen LogP contribution in [0.5, 0.6) is 0 Å². The third-order valence-electron chi connectivity index (χ3n) is 3.32. The van der Waals surface area contributed by atoms with Gasteiger partial charge in [0.1, 0.15) is 0 Å². The molecule has 0 unspecified atom stereocenters. The van der Waals surface area contributed by atoms with E-state index in [2.05, 4.69) is 10.6 Å². The fourth-order valence-corrected chi connectivity index (χ4v) is 2.90. The number of carbonyl (C=O) groups excluding carboxylic acids is 1. The van der Waals surface area contributed by atoms with Crippen LogP contribution in [-0.4, -0.2) is 22.8 Å². The van der Waals surface area contributed by atoms with Crippen LogP contribution in [0.4, 0.5) is 4.79 Å². The molecule has 0 heterocycles. The second-order valence-electron chi connectivity index (χ2n) is 4.98. The summed E-state index contributed by atoms with van der Waals surface area (Å²) < 4.78 is 11.3. The number of amides is 2. The summed E-state index contributed by atoms with van der Waals surface area (Å²) in [7, 11) is -0.978. The first-order valence-corrected chi connectivity index (χ1v) is 9.94. The van der Waals surface area contributed by atoms with Gasteiger partial charge in [0.05, 0.1) is 0 Å². The van der Waals surface area contributed by atoms with E-state index in [4.69, 9.17) is 0 Å². The fraction of sp³-hybridized carbons (Fsp3) is 0.235. The van der Waals surface area contributed by atoms with E-state index in [1.54, 1.807) is 18.0 Å². The molecule has 4 nitrogen and oxygen atoms in total. The van der Waals surface area contributed by atoms with Crippen molar-refractivity contribution in [2.45, 2.75) is 22.9 Å². The molecule has 2 rings (SSSR count). The molecule has 0 spiro atoms. The topological polar surface area (TPSA) is 58.2 Å². The van der Waals surface area contributed by atoms with E-state index in [0.29, 0.717) is 13.1 Å². The minimum atomic E-state index is -0.978. The molecule has 2 aromatic rings. The number of benzene rings is 2. The molecular formula is C17H20N2O2S2. The Balaban J connectivity index is 1.77. The van der Waals surface area contributed by atoms with Crippen LogP contribution in [0.25, 0.3) is 0 Å². The van der Waals surface area contributed by atoms with Crippen LogP contribution in [0, 0.1) is 0 Å². The van der Waals surface area contributed by atoms with E-state index in [-0.39, 0.29) is 6.03 Å². The molecule has 0 radical (unpaired) electrons. The molecule has 0 aromatic heterocycles. The Morgan fingerprint density at radius 3 is 1.87 bits per heavy atom. The van der Waals surface area contributed by atoms with E-state index in [0.717, 1.165) is 16.0 Å². The van der Waals surface area contributed by atoms with Gasteiger partial charge < -0.3 is 10.6 Å². The molecule has 0 saturated carbocycles. The highest BCUT2D eigenvalue weighted by Crippen LogP contribution is 2.14. The lowest BCUT2D eigenvalue weighted by molar-refractivity contribution is 0.240. The normalized spacial score (nSPS) is 11.7. The van der Waals surface area contributed by atoms with Gasteiger partial charge in [0.15, 0.2) is 0 Å². The summed E-state index contributed by atoms with van der Waals surface area (Å²) in [6.45, 7) is 0.933. The van der Waals surface area contributed by atoms with Gasteiger partial charge in [-0.25, -0.2) is 4.79 Å². The van der Waals surface area contributed by atoms with Crippen LogP contribution >= 0.6 is 11.8 Å². The van der Waals surface area contributed by atoms with Crippen molar-refractivity contribution in [3.63, 3.8) is 0 Å². The second kappa shape index (κ2) is 8.74. The molecule has 0 aliphatic heterocycles. The molecule has 0 fully saturated rings. The lowest BCUT2D eigenvalue weighted by Crippen LogP contribution is -2.34. The van der Waals surface area contributed by atoms with Gasteiger partial charge in [0.2, 0.25) is 0 Å². The van der Waals surface area contributed by atoms with Gasteiger partial charge in [-0.1, -0.05) is 24.3 Å². The predicted molar refractivity (Wildman–Crippen MR) is 96.1 cm³/mol. The number of hydrogen-bond donors (Lipinski definition) is 2. The maximum atomic E-state index is 11.8. The third-order valence-corrected chi connectivity index (χ3v) is 5.00. The first kappa shape index (κ1) is 17.6. The minimum absolute atomic E-state index is 0.206. The molecular weight excluding hydrogens is 328 g/mol. The zero-order valence-electron chi connectivity index (χ0n) is 13.2. The van der Waals surface area contributed by atoms with E-state index < -0.39 is 10.8 Å². The van der Waals surface area contributed by atoms with Gasteiger partial charge in [0, 0.05) is 39.9 Å². The quantitative estimate of drug-likeness (QED) is 0.789. The van der Waals surface area contributed by atoms with Crippen molar-refractivity contribution in [3.05, 3.63) is 59.7 Å². The zero-order valence-corrected chi connectivity index (χ0v) is 14.8. The summed E-state index contributed by atoms with van der Waals surface area (Å²) in [4.78, 5) is 13.8. The largest absolute Gasteiger partial charge is 0.334 e. The number of hydrogen-bond acceptors (Lipinski definition) is 3. The fourth-order valence-electron chi connectivity index (χ4n) is 1.97. The summed E-state index contributed by atoms with van der Waals surface area (Å²) in [5.41, 5.74) is 2.03. The van der Waals surface area contributed by atoms with Crippen LogP contribution in [0.3, 0.4) is 0 Å². The van der Waals surface area contributed by atoms with Crippen molar-refractivity contribution in [1.29, 1.82) is 0 Å². The van der Waals surface area contributed by atoms with Crippen LogP contribution in [-0.2, 0) is 23.9 Å². The molecule has 0 aliphatic carbocycles. The standard InChI is InChI=1S/C17H20N2O2S2/c1-22-15-7-3-13(4-8-15)11-18-17(20)19-12-14-5-9-16(10-6-14)23(2)21/h3-10H,11-12H2,1-2H3,(H2,18,19,20)/t23-/m1/s1. The smallest absolute Gasteiger partial charge is 0.315 e. The summed E-state index contributed by atoms with van der Waals surface area (Å²) in [6, 6.07) is 15.3. The van der Waals surface area contributed by atoms with Gasteiger partial charge in [-0.15, -0.1) is 11.8 Å². The third kappa shape index (κ3) is 5.73. The molecule has 2 amide bonds. The molecule has 0 saturated heterocycles. The van der Waals surface area contributed by atoms with E-state index in [1.807, 2.05) is 54.8 Å². The molecule has 23 heavy (non-hydrogen) atoms. The van der Waals surface area contributed by atoms with Gasteiger partial charge in [-0.3, -0.25) is 4.21 Å². The molecule has 6 heteroatoms. The maximum Gasteiger partial charge on any atom is 0.315 e. The number of urea groups is 1. The van der Waals surface area contributed by atoms with Crippen LogP contribution in [0.15, 0.2) is 58.3 Å². The van der Waals surface area contributed by atoms with Crippen molar-refractivity contribution in [3.8, 4) is 0 Å². The van der Waals surface area contributed by atoms with Crippen LogP contribution < -0.4 is 10.6 Å². The number of nitrogens with one attached hydrogen (secondary N) is 2. The van der Waals surface area contributed by atoms with E-state index >= 15 is 0 Å². The lowest BCUT2D eigenvalue weighted by Gasteiger charge is -2.08. The maximum absolute atomic E-state index is 11.8. The van der Waals surface area contributed by atoms with Gasteiger partial charge in [0.25, 0.3) is 0 Å². The Hall–Kier alpha value is -1.79. The highest BCUT2D eigenvalue weighted by Gasteiger charge is 2.02. The molecule has 0 aliphatic rings. The van der Waals surface area contributed by atoms with Crippen molar-refractivity contribution >= 4 is 28.6 Å². The van der Waals surface area contributed by atoms with Crippen molar-refractivity contribution < 1.29 is 9.00 Å². The first-order valence-electron chi connectivity index (χ1n) is 7.15. The van der Waals surface area contributed by atoms with Crippen LogP contribution in [0.2, 0.25) is 0 Å². The Bertz CT molecular complexity index is 670. The summed E-state index contributed by atoms with van der Waals surface area (Å²) in [5, 5.41) is 5.64. The highest BCUT2D eigenvalue weighted by atomic mass is 32.2. The average molecular weight is 348 g/mol. The van der Waals surface area contributed by atoms with Gasteiger partial charge in [-0.05, 0) is 41.6 Å². The Morgan fingerprint density at radius 2 is 1.43 bits per heavy atom. The molecule has 122 valence electrons. The van der Waals surface area contributed by atoms with Crippen LogP contribution in [0.1, 0.15) is 11.1 Å². The molecule has 2 N–H and O–H groups in total. The first-order chi connectivity index (χ1) is 11.1. The molecule has 0 bridgehead atoms. The molecule has 1 atom stereocenters. The summed E-state index contributed by atoms with van der Waals surface area (Å²) in [6.07, 6.45) is 3.68. The van der Waals surface area contributed by atoms with Crippen molar-refractivity contribution in [2.24, 2.45) is 0 Å². The molecule has 2 aromatic carbocycles. The van der Waals surface area contributed by atoms with E-state index in [9.17, 15) is 9.00 Å². The number of rotatable bonds is 6. The van der Waals surface area contributed by atoms with E-state index in [1.165, 1.54) is 4.90 Å². The monoisotopic (exact) mass is 348 g/mol. The summed E-state index contributed by atoms with van der Waals surface area (Å²) >= 11 is 1.69. The predicted octanol–water partition coefficient (Wildman–Crippen LogP) is 3.15. The van der Waals surface area contributed by atoms with Gasteiger partial charge in [-0.2, -0.15) is 0 Å².